The third kappa shape index (κ3) is 2.38. The lowest BCUT2D eigenvalue weighted by Gasteiger charge is -2.43. The minimum absolute atomic E-state index is 0.0735. The Morgan fingerprint density at radius 1 is 1.08 bits per heavy atom. The van der Waals surface area contributed by atoms with E-state index in [-0.39, 0.29) is 35.6 Å². The highest BCUT2D eigenvalue weighted by Crippen LogP contribution is 2.37. The Labute approximate surface area is 147 Å². The summed E-state index contributed by atoms with van der Waals surface area (Å²) in [6.07, 6.45) is 8.38. The van der Waals surface area contributed by atoms with E-state index in [4.69, 9.17) is 0 Å². The Kier molecular flexibility index (Phi) is 3.75. The molecule has 0 saturated carbocycles. The monoisotopic (exact) mass is 389 g/mol. The van der Waals surface area contributed by atoms with Crippen LogP contribution in [0.3, 0.4) is 0 Å². The number of carbonyl (C=O) groups is 3. The predicted molar refractivity (Wildman–Crippen MR) is 88.8 cm³/mol. The number of hydrogen-bond donors (Lipinski definition) is 0. The molecule has 2 atom stereocenters. The number of likely N-dealkylation sites (tertiary alicyclic amines) is 2. The molecule has 4 rings (SSSR count). The van der Waals surface area contributed by atoms with E-state index in [1.54, 1.807) is 17.2 Å². The number of nitrogens with zero attached hydrogens (tertiary/aromatic N) is 3. The molecule has 1 aromatic heterocycles. The van der Waals surface area contributed by atoms with Crippen molar-refractivity contribution in [2.24, 2.45) is 11.8 Å². The number of aromatic nitrogens is 1. The van der Waals surface area contributed by atoms with Gasteiger partial charge >= 0.3 is 0 Å². The maximum atomic E-state index is 12.5. The van der Waals surface area contributed by atoms with Crippen molar-refractivity contribution in [1.82, 2.24) is 14.8 Å². The van der Waals surface area contributed by atoms with E-state index in [1.807, 2.05) is 12.2 Å². The van der Waals surface area contributed by atoms with Crippen LogP contribution in [0.1, 0.15) is 23.2 Å². The summed E-state index contributed by atoms with van der Waals surface area (Å²) in [7, 11) is 0. The van der Waals surface area contributed by atoms with Gasteiger partial charge < -0.3 is 4.90 Å². The fourth-order valence-corrected chi connectivity index (χ4v) is 4.05. The first-order valence-electron chi connectivity index (χ1n) is 7.98. The van der Waals surface area contributed by atoms with Crippen molar-refractivity contribution >= 4 is 33.7 Å². The molecule has 2 fully saturated rings. The van der Waals surface area contributed by atoms with Gasteiger partial charge in [-0.1, -0.05) is 12.2 Å². The summed E-state index contributed by atoms with van der Waals surface area (Å²) in [5.41, 5.74) is 0.500. The molecule has 0 bridgehead atoms. The van der Waals surface area contributed by atoms with Crippen LogP contribution >= 0.6 is 15.9 Å². The van der Waals surface area contributed by atoms with E-state index in [0.717, 1.165) is 4.47 Å². The number of fused-ring (bicyclic) bond motifs is 1. The van der Waals surface area contributed by atoms with Crippen molar-refractivity contribution in [3.05, 3.63) is 40.6 Å². The van der Waals surface area contributed by atoms with E-state index in [0.29, 0.717) is 31.5 Å². The Balaban J connectivity index is 1.43. The molecule has 3 amide bonds. The summed E-state index contributed by atoms with van der Waals surface area (Å²) >= 11 is 3.30. The van der Waals surface area contributed by atoms with Crippen LogP contribution < -0.4 is 0 Å². The Hall–Kier alpha value is -2.02. The highest BCUT2D eigenvalue weighted by Gasteiger charge is 2.52. The van der Waals surface area contributed by atoms with E-state index in [1.165, 1.54) is 11.1 Å². The molecule has 0 aromatic carbocycles. The average Bonchev–Trinajstić information content (AvgIpc) is 2.79. The highest BCUT2D eigenvalue weighted by molar-refractivity contribution is 9.10. The molecule has 2 aliphatic heterocycles. The van der Waals surface area contributed by atoms with Gasteiger partial charge in [-0.15, -0.1) is 0 Å². The summed E-state index contributed by atoms with van der Waals surface area (Å²) in [6, 6.07) is 1.52. The molecule has 124 valence electrons. The average molecular weight is 390 g/mol. The van der Waals surface area contributed by atoms with Gasteiger partial charge in [-0.05, 0) is 34.8 Å². The second-order valence-corrected chi connectivity index (χ2v) is 7.37. The van der Waals surface area contributed by atoms with Crippen molar-refractivity contribution in [3.8, 4) is 0 Å². The normalized spacial score (nSPS) is 26.5. The Morgan fingerprint density at radius 3 is 2.29 bits per heavy atom. The molecule has 0 N–H and O–H groups in total. The predicted octanol–water partition coefficient (Wildman–Crippen LogP) is 1.62. The lowest BCUT2D eigenvalue weighted by atomic mass is 9.85. The van der Waals surface area contributed by atoms with Crippen molar-refractivity contribution in [3.63, 3.8) is 0 Å². The third-order valence-corrected chi connectivity index (χ3v) is 5.44. The fraction of sp³-hybridized carbons (Fsp3) is 0.412. The quantitative estimate of drug-likeness (QED) is 0.569. The summed E-state index contributed by atoms with van der Waals surface area (Å²) in [4.78, 5) is 44.5. The second kappa shape index (κ2) is 5.81. The molecule has 0 spiro atoms. The molecule has 3 aliphatic rings. The van der Waals surface area contributed by atoms with Crippen LogP contribution in [0.2, 0.25) is 0 Å². The first-order chi connectivity index (χ1) is 11.6. The zero-order chi connectivity index (χ0) is 16.8. The zero-order valence-corrected chi connectivity index (χ0v) is 14.5. The van der Waals surface area contributed by atoms with Crippen LogP contribution in [0.5, 0.6) is 0 Å². The number of hydrogen-bond acceptors (Lipinski definition) is 4. The van der Waals surface area contributed by atoms with Crippen LogP contribution in [0.15, 0.2) is 35.1 Å². The smallest absolute Gasteiger partial charge is 0.255 e. The van der Waals surface area contributed by atoms with Gasteiger partial charge in [-0.3, -0.25) is 24.3 Å². The molecular formula is C17H16BrN3O3. The molecular weight excluding hydrogens is 374 g/mol. The molecule has 6 nitrogen and oxygen atoms in total. The minimum atomic E-state index is -0.207. The number of amides is 3. The summed E-state index contributed by atoms with van der Waals surface area (Å²) in [5.74, 6) is -0.688. The van der Waals surface area contributed by atoms with Crippen molar-refractivity contribution in [1.29, 1.82) is 0 Å². The number of imide groups is 1. The molecule has 7 heteroatoms. The Morgan fingerprint density at radius 2 is 1.71 bits per heavy atom. The summed E-state index contributed by atoms with van der Waals surface area (Å²) < 4.78 is 0.742. The molecule has 3 heterocycles. The van der Waals surface area contributed by atoms with Crippen molar-refractivity contribution < 1.29 is 14.4 Å². The lowest BCUT2D eigenvalue weighted by molar-refractivity contribution is -0.145. The topological polar surface area (TPSA) is 70.6 Å². The fourth-order valence-electron chi connectivity index (χ4n) is 3.68. The number of pyridine rings is 1. The van der Waals surface area contributed by atoms with Gasteiger partial charge in [0.2, 0.25) is 11.8 Å². The van der Waals surface area contributed by atoms with Gasteiger partial charge in [0.05, 0.1) is 23.4 Å². The molecule has 2 saturated heterocycles. The molecule has 1 aliphatic carbocycles. The SMILES string of the molecule is O=C(c1cncc(Br)c1)N1CC(N2C(=O)[C@@H]3CC=CC[C@H]3C2=O)C1. The van der Waals surface area contributed by atoms with E-state index in [2.05, 4.69) is 20.9 Å². The zero-order valence-electron chi connectivity index (χ0n) is 12.9. The van der Waals surface area contributed by atoms with Crippen LogP contribution in [0.25, 0.3) is 0 Å². The van der Waals surface area contributed by atoms with Gasteiger partial charge in [-0.25, -0.2) is 0 Å². The molecule has 0 radical (unpaired) electrons. The van der Waals surface area contributed by atoms with Crippen molar-refractivity contribution in [2.75, 3.05) is 13.1 Å². The van der Waals surface area contributed by atoms with Gasteiger partial charge in [-0.2, -0.15) is 0 Å². The number of rotatable bonds is 2. The maximum Gasteiger partial charge on any atom is 0.255 e. The van der Waals surface area contributed by atoms with E-state index >= 15 is 0 Å². The summed E-state index contributed by atoms with van der Waals surface area (Å²) in [6.45, 7) is 0.797. The maximum absolute atomic E-state index is 12.5. The van der Waals surface area contributed by atoms with Gasteiger partial charge in [0, 0.05) is 30.0 Å². The molecule has 24 heavy (non-hydrogen) atoms. The molecule has 1 aromatic rings. The van der Waals surface area contributed by atoms with Crippen LogP contribution in [-0.4, -0.2) is 51.6 Å². The van der Waals surface area contributed by atoms with Gasteiger partial charge in [0.1, 0.15) is 0 Å². The van der Waals surface area contributed by atoms with Crippen LogP contribution in [0, 0.1) is 11.8 Å². The first-order valence-corrected chi connectivity index (χ1v) is 8.77. The lowest BCUT2D eigenvalue weighted by Crippen LogP contribution is -2.62. The third-order valence-electron chi connectivity index (χ3n) is 5.01. The van der Waals surface area contributed by atoms with Crippen molar-refractivity contribution in [2.45, 2.75) is 18.9 Å². The first kappa shape index (κ1) is 15.5. The number of allylic oxidation sites excluding steroid dienone is 2. The summed E-state index contributed by atoms with van der Waals surface area (Å²) in [5, 5.41) is 0. The van der Waals surface area contributed by atoms with E-state index in [9.17, 15) is 14.4 Å². The highest BCUT2D eigenvalue weighted by atomic mass is 79.9. The standard InChI is InChI=1S/C17H16BrN3O3/c18-11-5-10(6-19-7-11)15(22)20-8-12(9-20)21-16(23)13-3-1-2-4-14(13)17(21)24/h1-2,5-7,12-14H,3-4,8-9H2/t13-,14-/m1/s1. The number of halogens is 1. The van der Waals surface area contributed by atoms with Gasteiger partial charge in [0.15, 0.2) is 0 Å². The van der Waals surface area contributed by atoms with Gasteiger partial charge in [0.25, 0.3) is 5.91 Å². The van der Waals surface area contributed by atoms with Crippen LogP contribution in [-0.2, 0) is 9.59 Å². The Bertz CT molecular complexity index is 731. The van der Waals surface area contributed by atoms with Crippen LogP contribution in [0.4, 0.5) is 0 Å². The largest absolute Gasteiger partial charge is 0.334 e. The minimum Gasteiger partial charge on any atom is -0.334 e. The second-order valence-electron chi connectivity index (χ2n) is 6.46. The van der Waals surface area contributed by atoms with E-state index < -0.39 is 0 Å². The molecule has 0 unspecified atom stereocenters. The number of carbonyl (C=O) groups excluding carboxylic acids is 3.